The molecule has 3 heterocycles. The van der Waals surface area contributed by atoms with Crippen molar-refractivity contribution in [2.75, 3.05) is 24.6 Å². The zero-order valence-corrected chi connectivity index (χ0v) is 14.2. The number of carbonyl (C=O) groups is 3. The van der Waals surface area contributed by atoms with Crippen LogP contribution in [-0.2, 0) is 14.3 Å². The maximum atomic E-state index is 12.6. The van der Waals surface area contributed by atoms with Gasteiger partial charge < -0.3 is 15.0 Å². The number of carbonyl (C=O) groups excluding carboxylic acids is 3. The Labute approximate surface area is 148 Å². The summed E-state index contributed by atoms with van der Waals surface area (Å²) in [5.41, 5.74) is -0.335. The third-order valence-electron chi connectivity index (χ3n) is 4.13. The molecule has 136 valence electrons. The zero-order chi connectivity index (χ0) is 18.7. The SMILES string of the molecule is CCOC(=O)C[C@H]1C(=O)NCCN1c1nc2ccccn2c(=O)c1C=O. The quantitative estimate of drug-likeness (QED) is 0.580. The fourth-order valence-electron chi connectivity index (χ4n) is 2.96. The number of aromatic nitrogens is 2. The van der Waals surface area contributed by atoms with Crippen molar-refractivity contribution >= 4 is 29.6 Å². The summed E-state index contributed by atoms with van der Waals surface area (Å²) in [6.45, 7) is 2.49. The van der Waals surface area contributed by atoms with Gasteiger partial charge in [-0.1, -0.05) is 6.07 Å². The maximum absolute atomic E-state index is 12.6. The Morgan fingerprint density at radius 2 is 2.23 bits per heavy atom. The van der Waals surface area contributed by atoms with E-state index in [0.29, 0.717) is 25.0 Å². The molecule has 2 aromatic heterocycles. The Bertz CT molecular complexity index is 923. The monoisotopic (exact) mass is 358 g/mol. The van der Waals surface area contributed by atoms with Crippen molar-refractivity contribution in [2.45, 2.75) is 19.4 Å². The number of ether oxygens (including phenoxy) is 1. The van der Waals surface area contributed by atoms with Crippen LogP contribution in [-0.4, -0.2) is 53.3 Å². The molecule has 26 heavy (non-hydrogen) atoms. The molecule has 3 rings (SSSR count). The first-order chi connectivity index (χ1) is 12.6. The van der Waals surface area contributed by atoms with E-state index in [2.05, 4.69) is 10.3 Å². The van der Waals surface area contributed by atoms with Gasteiger partial charge in [-0.15, -0.1) is 0 Å². The molecule has 1 atom stereocenters. The van der Waals surface area contributed by atoms with E-state index in [-0.39, 0.29) is 30.3 Å². The van der Waals surface area contributed by atoms with Gasteiger partial charge in [0.15, 0.2) is 6.29 Å². The number of pyridine rings is 1. The van der Waals surface area contributed by atoms with Crippen LogP contribution in [0.5, 0.6) is 0 Å². The second-order valence-electron chi connectivity index (χ2n) is 5.71. The van der Waals surface area contributed by atoms with Crippen molar-refractivity contribution in [3.8, 4) is 0 Å². The molecule has 0 saturated carbocycles. The van der Waals surface area contributed by atoms with Crippen molar-refractivity contribution in [3.05, 3.63) is 40.3 Å². The molecule has 0 bridgehead atoms. The highest BCUT2D eigenvalue weighted by Gasteiger charge is 2.35. The minimum absolute atomic E-state index is 0.0975. The van der Waals surface area contributed by atoms with Gasteiger partial charge in [0, 0.05) is 19.3 Å². The average molecular weight is 358 g/mol. The number of nitrogens with zero attached hydrogens (tertiary/aromatic N) is 3. The van der Waals surface area contributed by atoms with Gasteiger partial charge >= 0.3 is 5.97 Å². The molecule has 0 aliphatic carbocycles. The average Bonchev–Trinajstić information content (AvgIpc) is 2.63. The summed E-state index contributed by atoms with van der Waals surface area (Å²) in [6, 6.07) is 4.09. The van der Waals surface area contributed by atoms with Gasteiger partial charge in [0.1, 0.15) is 23.1 Å². The molecule has 1 amide bonds. The van der Waals surface area contributed by atoms with Crippen molar-refractivity contribution in [3.63, 3.8) is 0 Å². The number of piperazine rings is 1. The summed E-state index contributed by atoms with van der Waals surface area (Å²) in [5.74, 6) is -0.818. The summed E-state index contributed by atoms with van der Waals surface area (Å²) in [5, 5.41) is 2.68. The molecule has 1 saturated heterocycles. The Morgan fingerprint density at radius 3 is 2.96 bits per heavy atom. The van der Waals surface area contributed by atoms with Crippen LogP contribution in [0.2, 0.25) is 0 Å². The van der Waals surface area contributed by atoms with Gasteiger partial charge in [0.05, 0.1) is 13.0 Å². The summed E-state index contributed by atoms with van der Waals surface area (Å²) in [7, 11) is 0. The smallest absolute Gasteiger partial charge is 0.308 e. The number of hydrogen-bond donors (Lipinski definition) is 1. The second-order valence-corrected chi connectivity index (χ2v) is 5.71. The highest BCUT2D eigenvalue weighted by molar-refractivity contribution is 5.92. The number of amides is 1. The first-order valence-electron chi connectivity index (χ1n) is 8.23. The first-order valence-corrected chi connectivity index (χ1v) is 8.23. The summed E-state index contributed by atoms with van der Waals surface area (Å²) in [4.78, 5) is 54.3. The topological polar surface area (TPSA) is 110 Å². The fraction of sp³-hybridized carbons (Fsp3) is 0.353. The van der Waals surface area contributed by atoms with Gasteiger partial charge in [0.25, 0.3) is 5.56 Å². The Kier molecular flexibility index (Phi) is 4.97. The van der Waals surface area contributed by atoms with E-state index in [1.165, 1.54) is 15.5 Å². The number of nitrogens with one attached hydrogen (secondary N) is 1. The molecule has 0 unspecified atom stereocenters. The molecular weight excluding hydrogens is 340 g/mol. The van der Waals surface area contributed by atoms with E-state index >= 15 is 0 Å². The van der Waals surface area contributed by atoms with Crippen molar-refractivity contribution in [1.82, 2.24) is 14.7 Å². The molecule has 1 fully saturated rings. The second kappa shape index (κ2) is 7.34. The van der Waals surface area contributed by atoms with Crippen LogP contribution in [0.25, 0.3) is 5.65 Å². The van der Waals surface area contributed by atoms with Gasteiger partial charge in [-0.2, -0.15) is 0 Å². The fourth-order valence-corrected chi connectivity index (χ4v) is 2.96. The first kappa shape index (κ1) is 17.6. The molecular formula is C17H18N4O5. The number of anilines is 1. The molecule has 1 N–H and O–H groups in total. The van der Waals surface area contributed by atoms with Crippen LogP contribution >= 0.6 is 0 Å². The van der Waals surface area contributed by atoms with E-state index in [1.807, 2.05) is 0 Å². The van der Waals surface area contributed by atoms with E-state index in [0.717, 1.165) is 0 Å². The molecule has 2 aromatic rings. The van der Waals surface area contributed by atoms with E-state index in [4.69, 9.17) is 4.74 Å². The number of esters is 1. The number of hydrogen-bond acceptors (Lipinski definition) is 7. The minimum atomic E-state index is -0.903. The van der Waals surface area contributed by atoms with Gasteiger partial charge in [-0.05, 0) is 19.1 Å². The van der Waals surface area contributed by atoms with Gasteiger partial charge in [0.2, 0.25) is 5.91 Å². The maximum Gasteiger partial charge on any atom is 0.308 e. The van der Waals surface area contributed by atoms with Crippen LogP contribution in [0.3, 0.4) is 0 Å². The van der Waals surface area contributed by atoms with Crippen LogP contribution in [0.1, 0.15) is 23.7 Å². The van der Waals surface area contributed by atoms with E-state index in [1.54, 1.807) is 25.1 Å². The lowest BCUT2D eigenvalue weighted by molar-refractivity contribution is -0.145. The van der Waals surface area contributed by atoms with Crippen molar-refractivity contribution < 1.29 is 19.1 Å². The van der Waals surface area contributed by atoms with Crippen LogP contribution in [0.15, 0.2) is 29.2 Å². The Balaban J connectivity index is 2.10. The molecule has 0 spiro atoms. The zero-order valence-electron chi connectivity index (χ0n) is 14.2. The summed E-state index contributed by atoms with van der Waals surface area (Å²) >= 11 is 0. The van der Waals surface area contributed by atoms with Crippen LogP contribution < -0.4 is 15.8 Å². The molecule has 9 heteroatoms. The molecule has 9 nitrogen and oxygen atoms in total. The summed E-state index contributed by atoms with van der Waals surface area (Å²) < 4.78 is 6.19. The number of rotatable bonds is 5. The van der Waals surface area contributed by atoms with Crippen LogP contribution in [0, 0.1) is 0 Å². The predicted molar refractivity (Wildman–Crippen MR) is 92.2 cm³/mol. The number of fused-ring (bicyclic) bond motifs is 1. The minimum Gasteiger partial charge on any atom is -0.466 e. The number of aldehydes is 1. The van der Waals surface area contributed by atoms with Crippen molar-refractivity contribution in [1.29, 1.82) is 0 Å². The third-order valence-corrected chi connectivity index (χ3v) is 4.13. The molecule has 0 aromatic carbocycles. The molecule has 1 aliphatic heterocycles. The normalized spacial score (nSPS) is 17.0. The highest BCUT2D eigenvalue weighted by atomic mass is 16.5. The largest absolute Gasteiger partial charge is 0.466 e. The molecule has 0 radical (unpaired) electrons. The predicted octanol–water partition coefficient (Wildman–Crippen LogP) is -0.235. The van der Waals surface area contributed by atoms with E-state index in [9.17, 15) is 19.2 Å². The van der Waals surface area contributed by atoms with Gasteiger partial charge in [-0.3, -0.25) is 23.6 Å². The molecule has 1 aliphatic rings. The lowest BCUT2D eigenvalue weighted by Gasteiger charge is -2.35. The van der Waals surface area contributed by atoms with Crippen LogP contribution in [0.4, 0.5) is 5.82 Å². The van der Waals surface area contributed by atoms with E-state index < -0.39 is 17.6 Å². The standard InChI is InChI=1S/C17H18N4O5/c1-2-26-14(23)9-12-16(24)18-6-8-20(12)15-11(10-22)17(25)21-7-4-3-5-13(21)19-15/h3-5,7,10,12H,2,6,8-9H2,1H3,(H,18,24)/t12-/m0/s1. The van der Waals surface area contributed by atoms with Gasteiger partial charge in [-0.25, -0.2) is 4.98 Å². The Hall–Kier alpha value is -3.23. The lowest BCUT2D eigenvalue weighted by atomic mass is 10.1. The Morgan fingerprint density at radius 1 is 1.42 bits per heavy atom. The lowest BCUT2D eigenvalue weighted by Crippen LogP contribution is -2.57. The third kappa shape index (κ3) is 3.15. The van der Waals surface area contributed by atoms with Crippen molar-refractivity contribution in [2.24, 2.45) is 0 Å². The summed E-state index contributed by atoms with van der Waals surface area (Å²) in [6.07, 6.45) is 1.74. The highest BCUT2D eigenvalue weighted by Crippen LogP contribution is 2.21.